The van der Waals surface area contributed by atoms with Crippen molar-refractivity contribution in [2.75, 3.05) is 0 Å². The molecule has 0 radical (unpaired) electrons. The lowest BCUT2D eigenvalue weighted by Crippen LogP contribution is -2.60. The van der Waals surface area contributed by atoms with Crippen LogP contribution in [-0.4, -0.2) is 32.1 Å². The second kappa shape index (κ2) is 9.72. The Morgan fingerprint density at radius 1 is 0.789 bits per heavy atom. The van der Waals surface area contributed by atoms with Crippen LogP contribution >= 0.6 is 0 Å². The van der Waals surface area contributed by atoms with Gasteiger partial charge in [-0.15, -0.1) is 0 Å². The van der Waals surface area contributed by atoms with E-state index in [4.69, 9.17) is 0 Å². The lowest BCUT2D eigenvalue weighted by Gasteiger charge is -2.63. The van der Waals surface area contributed by atoms with Gasteiger partial charge >= 0.3 is 0 Å². The number of rotatable bonds is 6. The molecule has 0 aliphatic heterocycles. The first kappa shape index (κ1) is 29.4. The first-order valence-electron chi connectivity index (χ1n) is 16.8. The van der Waals surface area contributed by atoms with Gasteiger partial charge in [0, 0.05) is 0 Å². The Morgan fingerprint density at radius 3 is 2.08 bits per heavy atom. The molecule has 38 heavy (non-hydrogen) atoms. The summed E-state index contributed by atoms with van der Waals surface area (Å²) in [6, 6.07) is 0. The summed E-state index contributed by atoms with van der Waals surface area (Å²) < 4.78 is 0. The molecule has 0 aromatic carbocycles. The highest BCUT2D eigenvalue weighted by Gasteiger charge is 2.62. The van der Waals surface area contributed by atoms with Crippen molar-refractivity contribution in [3.8, 4) is 0 Å². The smallest absolute Gasteiger partial charge is 0.0930 e. The SMILES string of the molecule is CCC1(C)CCC(O)(CC[C@@H](C)[C@H]2CC[C@H]3[C@@H]4CC[C@H]5C[C@](O)(C(C)(C)O)CC[C@]5(C)[C@H]4CC[C@]23C)CC1. The van der Waals surface area contributed by atoms with Crippen molar-refractivity contribution in [2.45, 2.75) is 168 Å². The van der Waals surface area contributed by atoms with Crippen molar-refractivity contribution < 1.29 is 15.3 Å². The predicted molar refractivity (Wildman–Crippen MR) is 157 cm³/mol. The molecule has 0 saturated heterocycles. The Morgan fingerprint density at radius 2 is 1.45 bits per heavy atom. The molecular formula is C35H62O3. The number of aliphatic hydroxyl groups is 3. The van der Waals surface area contributed by atoms with Crippen molar-refractivity contribution in [1.29, 1.82) is 0 Å². The van der Waals surface area contributed by atoms with Crippen LogP contribution in [0.1, 0.15) is 151 Å². The average molecular weight is 531 g/mol. The second-order valence-corrected chi connectivity index (χ2v) is 17.1. The molecule has 3 nitrogen and oxygen atoms in total. The molecule has 3 heteroatoms. The maximum atomic E-state index is 11.4. The molecule has 0 bridgehead atoms. The Bertz CT molecular complexity index is 852. The predicted octanol–water partition coefficient (Wildman–Crippen LogP) is 8.29. The topological polar surface area (TPSA) is 60.7 Å². The molecule has 9 atom stereocenters. The molecule has 5 saturated carbocycles. The molecule has 0 spiro atoms. The molecule has 5 aliphatic carbocycles. The molecule has 5 aliphatic rings. The maximum absolute atomic E-state index is 11.4. The first-order chi connectivity index (χ1) is 17.6. The fourth-order valence-corrected chi connectivity index (χ4v) is 11.4. The number of fused-ring (bicyclic) bond motifs is 5. The van der Waals surface area contributed by atoms with Crippen LogP contribution < -0.4 is 0 Å². The summed E-state index contributed by atoms with van der Waals surface area (Å²) in [4.78, 5) is 0. The van der Waals surface area contributed by atoms with E-state index in [9.17, 15) is 15.3 Å². The fourth-order valence-electron chi connectivity index (χ4n) is 11.4. The van der Waals surface area contributed by atoms with Gasteiger partial charge in [0.2, 0.25) is 0 Å². The zero-order valence-corrected chi connectivity index (χ0v) is 26.1. The van der Waals surface area contributed by atoms with Gasteiger partial charge in [-0.05, 0) is 162 Å². The van der Waals surface area contributed by atoms with E-state index in [1.54, 1.807) is 0 Å². The van der Waals surface area contributed by atoms with Gasteiger partial charge in [0.1, 0.15) is 0 Å². The Balaban J connectivity index is 1.23. The van der Waals surface area contributed by atoms with E-state index in [2.05, 4.69) is 34.6 Å². The third-order valence-corrected chi connectivity index (χ3v) is 14.9. The highest BCUT2D eigenvalue weighted by atomic mass is 16.4. The van der Waals surface area contributed by atoms with Crippen LogP contribution in [0.4, 0.5) is 0 Å². The zero-order chi connectivity index (χ0) is 27.8. The molecule has 5 fully saturated rings. The van der Waals surface area contributed by atoms with Gasteiger partial charge in [0.25, 0.3) is 0 Å². The number of hydrogen-bond donors (Lipinski definition) is 3. The van der Waals surface area contributed by atoms with Crippen molar-refractivity contribution in [3.05, 3.63) is 0 Å². The summed E-state index contributed by atoms with van der Waals surface area (Å²) in [5.74, 6) is 4.53. The third kappa shape index (κ3) is 4.75. The van der Waals surface area contributed by atoms with Gasteiger partial charge in [-0.3, -0.25) is 0 Å². The van der Waals surface area contributed by atoms with Crippen molar-refractivity contribution in [2.24, 2.45) is 51.8 Å². The Kier molecular flexibility index (Phi) is 7.52. The van der Waals surface area contributed by atoms with Gasteiger partial charge in [-0.1, -0.05) is 41.0 Å². The molecule has 5 rings (SSSR count). The van der Waals surface area contributed by atoms with E-state index in [1.807, 2.05) is 13.8 Å². The number of hydrogen-bond acceptors (Lipinski definition) is 3. The highest BCUT2D eigenvalue weighted by molar-refractivity contribution is 5.12. The second-order valence-electron chi connectivity index (χ2n) is 17.1. The third-order valence-electron chi connectivity index (χ3n) is 14.9. The lowest BCUT2D eigenvalue weighted by atomic mass is 9.43. The van der Waals surface area contributed by atoms with E-state index in [1.165, 1.54) is 64.2 Å². The fraction of sp³-hybridized carbons (Fsp3) is 1.00. The highest BCUT2D eigenvalue weighted by Crippen LogP contribution is 2.69. The van der Waals surface area contributed by atoms with Crippen molar-refractivity contribution in [3.63, 3.8) is 0 Å². The molecule has 0 unspecified atom stereocenters. The van der Waals surface area contributed by atoms with E-state index in [0.29, 0.717) is 28.1 Å². The van der Waals surface area contributed by atoms with Crippen molar-refractivity contribution >= 4 is 0 Å². The van der Waals surface area contributed by atoms with Crippen molar-refractivity contribution in [1.82, 2.24) is 0 Å². The summed E-state index contributed by atoms with van der Waals surface area (Å²) in [6.45, 7) is 16.1. The first-order valence-corrected chi connectivity index (χ1v) is 16.8. The van der Waals surface area contributed by atoms with Gasteiger partial charge in [-0.2, -0.15) is 0 Å². The summed E-state index contributed by atoms with van der Waals surface area (Å²) >= 11 is 0. The summed E-state index contributed by atoms with van der Waals surface area (Å²) in [7, 11) is 0. The summed E-state index contributed by atoms with van der Waals surface area (Å²) in [6.07, 6.45) is 18.5. The van der Waals surface area contributed by atoms with Crippen LogP contribution in [0.25, 0.3) is 0 Å². The zero-order valence-electron chi connectivity index (χ0n) is 26.1. The van der Waals surface area contributed by atoms with Gasteiger partial charge < -0.3 is 15.3 Å². The normalized spacial score (nSPS) is 52.1. The van der Waals surface area contributed by atoms with Crippen LogP contribution in [-0.2, 0) is 0 Å². The standard InChI is InChI=1S/C35H62O3/c1-8-31(5)17-20-34(37,21-18-31)16-13-24(2)27-11-12-28-26-10-9-25-23-35(38,30(3,4)36)22-19-32(25,6)29(26)14-15-33(27,28)7/h24-29,36-38H,8-23H2,1-7H3/t24-,25+,26+,27-,28+,29+,31?,32+,33-,34?,35+/m1/s1. The molecule has 0 aromatic rings. The minimum Gasteiger partial charge on any atom is -0.390 e. The minimum absolute atomic E-state index is 0.322. The molecule has 0 amide bonds. The summed E-state index contributed by atoms with van der Waals surface area (Å²) in [5, 5.41) is 33.6. The maximum Gasteiger partial charge on any atom is 0.0930 e. The van der Waals surface area contributed by atoms with Crippen LogP contribution in [0.2, 0.25) is 0 Å². The van der Waals surface area contributed by atoms with Crippen LogP contribution in [0.15, 0.2) is 0 Å². The average Bonchev–Trinajstić information content (AvgIpc) is 3.22. The molecule has 0 heterocycles. The van der Waals surface area contributed by atoms with E-state index in [-0.39, 0.29) is 0 Å². The molecule has 0 aromatic heterocycles. The van der Waals surface area contributed by atoms with Gasteiger partial charge in [0.15, 0.2) is 0 Å². The van der Waals surface area contributed by atoms with Crippen LogP contribution in [0.5, 0.6) is 0 Å². The minimum atomic E-state index is -1.02. The molecular weight excluding hydrogens is 468 g/mol. The Hall–Kier alpha value is -0.120. The van der Waals surface area contributed by atoms with Gasteiger partial charge in [-0.25, -0.2) is 0 Å². The molecule has 3 N–H and O–H groups in total. The quantitative estimate of drug-likeness (QED) is 0.324. The largest absolute Gasteiger partial charge is 0.390 e. The summed E-state index contributed by atoms with van der Waals surface area (Å²) in [5.41, 5.74) is -1.14. The van der Waals surface area contributed by atoms with Gasteiger partial charge in [0.05, 0.1) is 16.8 Å². The lowest BCUT2D eigenvalue weighted by molar-refractivity contribution is -0.204. The Labute approximate surface area is 235 Å². The van der Waals surface area contributed by atoms with Crippen LogP contribution in [0, 0.1) is 51.8 Å². The monoisotopic (exact) mass is 530 g/mol. The van der Waals surface area contributed by atoms with Crippen LogP contribution in [0.3, 0.4) is 0 Å². The molecule has 220 valence electrons. The van der Waals surface area contributed by atoms with E-state index >= 15 is 0 Å². The van der Waals surface area contributed by atoms with E-state index < -0.39 is 16.8 Å². The van der Waals surface area contributed by atoms with E-state index in [0.717, 1.165) is 62.2 Å².